The minimum Gasteiger partial charge on any atom is -0.299 e. The van der Waals surface area contributed by atoms with Crippen molar-refractivity contribution in [3.8, 4) is 0 Å². The summed E-state index contributed by atoms with van der Waals surface area (Å²) < 4.78 is 1.95. The number of carbonyl (C=O) groups excluding carboxylic acids is 1. The zero-order valence-corrected chi connectivity index (χ0v) is 10.7. The molecule has 4 heteroatoms. The molecule has 0 spiro atoms. The molecule has 0 radical (unpaired) electrons. The monoisotopic (exact) mass is 235 g/mol. The summed E-state index contributed by atoms with van der Waals surface area (Å²) >= 11 is 0. The van der Waals surface area contributed by atoms with Gasteiger partial charge >= 0.3 is 0 Å². The number of nitrogens with zero attached hydrogens (tertiary/aromatic N) is 3. The molecule has 2 rings (SSSR count). The van der Waals surface area contributed by atoms with E-state index in [-0.39, 0.29) is 5.92 Å². The largest absolute Gasteiger partial charge is 0.299 e. The lowest BCUT2D eigenvalue weighted by Gasteiger charge is -2.20. The van der Waals surface area contributed by atoms with E-state index in [0.717, 1.165) is 38.1 Å². The quantitative estimate of drug-likeness (QED) is 0.804. The third-order valence-electron chi connectivity index (χ3n) is 3.34. The third-order valence-corrected chi connectivity index (χ3v) is 3.34. The Morgan fingerprint density at radius 1 is 1.47 bits per heavy atom. The Morgan fingerprint density at radius 3 is 3.00 bits per heavy atom. The highest BCUT2D eigenvalue weighted by Crippen LogP contribution is 2.23. The first-order chi connectivity index (χ1) is 8.16. The highest BCUT2D eigenvalue weighted by molar-refractivity contribution is 5.81. The molecule has 0 N–H and O–H groups in total. The fourth-order valence-corrected chi connectivity index (χ4v) is 2.44. The predicted octanol–water partition coefficient (Wildman–Crippen LogP) is 2.24. The van der Waals surface area contributed by atoms with Gasteiger partial charge in [0.05, 0.1) is 0 Å². The summed E-state index contributed by atoms with van der Waals surface area (Å²) in [6, 6.07) is 0. The normalized spacial score (nSPS) is 21.1. The first-order valence-electron chi connectivity index (χ1n) is 6.56. The van der Waals surface area contributed by atoms with Gasteiger partial charge in [-0.3, -0.25) is 4.79 Å². The van der Waals surface area contributed by atoms with Crippen LogP contribution in [0.25, 0.3) is 0 Å². The van der Waals surface area contributed by atoms with Crippen molar-refractivity contribution in [3.63, 3.8) is 0 Å². The highest BCUT2D eigenvalue weighted by atomic mass is 16.1. The minimum atomic E-state index is 0.180. The van der Waals surface area contributed by atoms with Crippen LogP contribution in [0.2, 0.25) is 0 Å². The van der Waals surface area contributed by atoms with Crippen LogP contribution in [0, 0.1) is 11.8 Å². The van der Waals surface area contributed by atoms with Crippen molar-refractivity contribution in [3.05, 3.63) is 12.2 Å². The maximum absolute atomic E-state index is 11.8. The average molecular weight is 235 g/mol. The smallest absolute Gasteiger partial charge is 0.138 e. The van der Waals surface area contributed by atoms with Gasteiger partial charge in [0.25, 0.3) is 0 Å². The van der Waals surface area contributed by atoms with Crippen molar-refractivity contribution < 1.29 is 4.79 Å². The van der Waals surface area contributed by atoms with Gasteiger partial charge < -0.3 is 0 Å². The van der Waals surface area contributed by atoms with Gasteiger partial charge in [0.15, 0.2) is 0 Å². The third kappa shape index (κ3) is 3.14. The summed E-state index contributed by atoms with van der Waals surface area (Å²) in [4.78, 5) is 16.1. The molecule has 0 aromatic carbocycles. The maximum atomic E-state index is 11.8. The second-order valence-corrected chi connectivity index (χ2v) is 5.37. The molecule has 1 heterocycles. The van der Waals surface area contributed by atoms with Crippen molar-refractivity contribution in [2.45, 2.75) is 52.5 Å². The Labute approximate surface area is 102 Å². The average Bonchev–Trinajstić information content (AvgIpc) is 2.68. The van der Waals surface area contributed by atoms with E-state index in [1.54, 1.807) is 6.33 Å². The van der Waals surface area contributed by atoms with E-state index in [2.05, 4.69) is 23.9 Å². The number of hydrogen-bond acceptors (Lipinski definition) is 3. The number of carbonyl (C=O) groups is 1. The Hall–Kier alpha value is -1.19. The maximum Gasteiger partial charge on any atom is 0.138 e. The van der Waals surface area contributed by atoms with Gasteiger partial charge in [0, 0.05) is 25.3 Å². The van der Waals surface area contributed by atoms with Crippen LogP contribution in [0.3, 0.4) is 0 Å². The molecule has 1 aliphatic carbocycles. The lowest BCUT2D eigenvalue weighted by atomic mass is 9.85. The molecule has 1 unspecified atom stereocenters. The molecule has 0 bridgehead atoms. The molecule has 1 fully saturated rings. The minimum absolute atomic E-state index is 0.180. The summed E-state index contributed by atoms with van der Waals surface area (Å²) in [6.07, 6.45) is 6.38. The molecular formula is C13H21N3O. The highest BCUT2D eigenvalue weighted by Gasteiger charge is 2.24. The number of hydrogen-bond donors (Lipinski definition) is 0. The lowest BCUT2D eigenvalue weighted by molar-refractivity contribution is -0.124. The zero-order valence-electron chi connectivity index (χ0n) is 10.7. The first kappa shape index (κ1) is 12.3. The molecule has 0 saturated heterocycles. The van der Waals surface area contributed by atoms with Crippen LogP contribution in [-0.4, -0.2) is 20.5 Å². The summed E-state index contributed by atoms with van der Waals surface area (Å²) in [5.74, 6) is 2.12. The summed E-state index contributed by atoms with van der Waals surface area (Å²) in [5, 5.41) is 4.24. The van der Waals surface area contributed by atoms with E-state index >= 15 is 0 Å². The van der Waals surface area contributed by atoms with Crippen LogP contribution in [0.15, 0.2) is 6.33 Å². The summed E-state index contributed by atoms with van der Waals surface area (Å²) in [7, 11) is 0. The van der Waals surface area contributed by atoms with Crippen LogP contribution in [0.4, 0.5) is 0 Å². The van der Waals surface area contributed by atoms with Gasteiger partial charge in [-0.2, -0.15) is 5.10 Å². The second-order valence-electron chi connectivity index (χ2n) is 5.37. The fourth-order valence-electron chi connectivity index (χ4n) is 2.44. The number of ketones is 1. The van der Waals surface area contributed by atoms with Crippen LogP contribution < -0.4 is 0 Å². The molecule has 0 amide bonds. The van der Waals surface area contributed by atoms with E-state index in [0.29, 0.717) is 11.7 Å². The van der Waals surface area contributed by atoms with Crippen molar-refractivity contribution >= 4 is 5.78 Å². The molecule has 1 aliphatic rings. The van der Waals surface area contributed by atoms with Crippen molar-refractivity contribution in [2.24, 2.45) is 11.8 Å². The van der Waals surface area contributed by atoms with Crippen LogP contribution in [0.1, 0.15) is 45.4 Å². The Morgan fingerprint density at radius 2 is 2.29 bits per heavy atom. The number of Topliss-reactive ketones (excluding diaryl/α,β-unsaturated/α-hetero) is 1. The predicted molar refractivity (Wildman–Crippen MR) is 65.5 cm³/mol. The molecule has 0 aliphatic heterocycles. The van der Waals surface area contributed by atoms with Crippen LogP contribution >= 0.6 is 0 Å². The van der Waals surface area contributed by atoms with Crippen LogP contribution in [0.5, 0.6) is 0 Å². The van der Waals surface area contributed by atoms with Gasteiger partial charge in [-0.1, -0.05) is 20.3 Å². The number of rotatable bonds is 4. The van der Waals surface area contributed by atoms with E-state index in [4.69, 9.17) is 0 Å². The van der Waals surface area contributed by atoms with Gasteiger partial charge in [-0.05, 0) is 18.8 Å². The van der Waals surface area contributed by atoms with Crippen molar-refractivity contribution in [1.29, 1.82) is 0 Å². The van der Waals surface area contributed by atoms with Gasteiger partial charge in [-0.25, -0.2) is 9.67 Å². The van der Waals surface area contributed by atoms with Crippen LogP contribution in [-0.2, 0) is 17.8 Å². The molecule has 1 atom stereocenters. The molecule has 1 aromatic heterocycles. The summed E-state index contributed by atoms with van der Waals surface area (Å²) in [5.41, 5.74) is 0. The topological polar surface area (TPSA) is 47.8 Å². The Kier molecular flexibility index (Phi) is 3.92. The van der Waals surface area contributed by atoms with E-state index < -0.39 is 0 Å². The molecule has 1 saturated carbocycles. The molecule has 4 nitrogen and oxygen atoms in total. The van der Waals surface area contributed by atoms with E-state index in [1.165, 1.54) is 6.42 Å². The fraction of sp³-hybridized carbons (Fsp3) is 0.769. The van der Waals surface area contributed by atoms with Gasteiger partial charge in [0.2, 0.25) is 0 Å². The zero-order chi connectivity index (χ0) is 12.3. The van der Waals surface area contributed by atoms with E-state index in [1.807, 2.05) is 4.68 Å². The van der Waals surface area contributed by atoms with Crippen molar-refractivity contribution in [1.82, 2.24) is 14.8 Å². The summed E-state index contributed by atoms with van der Waals surface area (Å²) in [6.45, 7) is 5.21. The Balaban J connectivity index is 2.02. The molecular weight excluding hydrogens is 214 g/mol. The first-order valence-corrected chi connectivity index (χ1v) is 6.56. The SMILES string of the molecule is CC(C)Cn1ncnc1CC1CCCCC1=O. The second kappa shape index (κ2) is 5.43. The Bertz CT molecular complexity index is 384. The van der Waals surface area contributed by atoms with Crippen molar-refractivity contribution in [2.75, 3.05) is 0 Å². The van der Waals surface area contributed by atoms with E-state index in [9.17, 15) is 4.79 Å². The van der Waals surface area contributed by atoms with Gasteiger partial charge in [-0.15, -0.1) is 0 Å². The van der Waals surface area contributed by atoms with Gasteiger partial charge in [0.1, 0.15) is 17.9 Å². The molecule has 1 aromatic rings. The molecule has 17 heavy (non-hydrogen) atoms. The number of aromatic nitrogens is 3. The molecule has 94 valence electrons. The standard InChI is InChI=1S/C13H21N3O/c1-10(2)8-16-13(14-9-15-16)7-11-5-3-4-6-12(11)17/h9-11H,3-8H2,1-2H3. The lowest BCUT2D eigenvalue weighted by Crippen LogP contribution is -2.23.